The van der Waals surface area contributed by atoms with E-state index in [0.717, 1.165) is 39.3 Å². The first-order valence-electron chi connectivity index (χ1n) is 9.78. The van der Waals surface area contributed by atoms with Crippen LogP contribution in [0.1, 0.15) is 18.1 Å². The van der Waals surface area contributed by atoms with E-state index in [4.69, 9.17) is 0 Å². The Labute approximate surface area is 162 Å². The van der Waals surface area contributed by atoms with Crippen LogP contribution in [0.3, 0.4) is 0 Å². The van der Waals surface area contributed by atoms with Gasteiger partial charge in [-0.25, -0.2) is 4.79 Å². The van der Waals surface area contributed by atoms with Gasteiger partial charge in [0.15, 0.2) is 0 Å². The lowest BCUT2D eigenvalue weighted by Gasteiger charge is -2.37. The summed E-state index contributed by atoms with van der Waals surface area (Å²) in [5.41, 5.74) is 2.41. The highest BCUT2D eigenvalue weighted by molar-refractivity contribution is 5.74. The lowest BCUT2D eigenvalue weighted by molar-refractivity contribution is 0.117. The topological polar surface area (TPSA) is 26.8 Å². The van der Waals surface area contributed by atoms with Crippen molar-refractivity contribution >= 4 is 12.1 Å². The standard InChI is InChI=1S/C23H29N3O/c1-2-25(20-22-12-7-4-8-13-22)23(27)26-18-16-24(17-19-26)15-9-14-21-10-5-3-6-11-21/h3-14H,2,15-20H2,1H3/b14-9+. The number of carbonyl (C=O) groups excluding carboxylic acids is 1. The molecule has 27 heavy (non-hydrogen) atoms. The zero-order chi connectivity index (χ0) is 18.9. The van der Waals surface area contributed by atoms with Crippen molar-refractivity contribution in [2.24, 2.45) is 0 Å². The summed E-state index contributed by atoms with van der Waals surface area (Å²) in [4.78, 5) is 19.2. The Balaban J connectivity index is 1.46. The summed E-state index contributed by atoms with van der Waals surface area (Å²) < 4.78 is 0. The van der Waals surface area contributed by atoms with Crippen molar-refractivity contribution in [2.45, 2.75) is 13.5 Å². The van der Waals surface area contributed by atoms with E-state index in [0.29, 0.717) is 6.54 Å². The Hall–Kier alpha value is -2.59. The highest BCUT2D eigenvalue weighted by Crippen LogP contribution is 2.10. The maximum absolute atomic E-state index is 12.9. The number of hydrogen-bond acceptors (Lipinski definition) is 2. The van der Waals surface area contributed by atoms with E-state index >= 15 is 0 Å². The first-order chi connectivity index (χ1) is 13.3. The highest BCUT2D eigenvalue weighted by Gasteiger charge is 2.24. The van der Waals surface area contributed by atoms with Gasteiger partial charge in [0.1, 0.15) is 0 Å². The number of carbonyl (C=O) groups is 1. The zero-order valence-corrected chi connectivity index (χ0v) is 16.1. The molecule has 142 valence electrons. The van der Waals surface area contributed by atoms with Crippen LogP contribution in [0.5, 0.6) is 0 Å². The van der Waals surface area contributed by atoms with Crippen LogP contribution in [0, 0.1) is 0 Å². The summed E-state index contributed by atoms with van der Waals surface area (Å²) in [5, 5.41) is 0. The molecule has 0 N–H and O–H groups in total. The maximum Gasteiger partial charge on any atom is 0.320 e. The average molecular weight is 364 g/mol. The molecule has 0 aromatic heterocycles. The van der Waals surface area contributed by atoms with Gasteiger partial charge in [-0.15, -0.1) is 0 Å². The predicted molar refractivity (Wildman–Crippen MR) is 111 cm³/mol. The van der Waals surface area contributed by atoms with Crippen molar-refractivity contribution in [3.05, 3.63) is 77.9 Å². The second kappa shape index (κ2) is 9.93. The summed E-state index contributed by atoms with van der Waals surface area (Å²) in [6.45, 7) is 7.82. The number of rotatable bonds is 6. The molecule has 1 heterocycles. The summed E-state index contributed by atoms with van der Waals surface area (Å²) in [7, 11) is 0. The Morgan fingerprint density at radius 1 is 0.963 bits per heavy atom. The van der Waals surface area contributed by atoms with E-state index in [1.807, 2.05) is 41.0 Å². The first kappa shape index (κ1) is 19.2. The fraction of sp³-hybridized carbons (Fsp3) is 0.348. The molecule has 1 fully saturated rings. The van der Waals surface area contributed by atoms with Crippen LogP contribution >= 0.6 is 0 Å². The van der Waals surface area contributed by atoms with E-state index in [1.54, 1.807) is 0 Å². The summed E-state index contributed by atoms with van der Waals surface area (Å²) in [6, 6.07) is 20.7. The third kappa shape index (κ3) is 5.69. The monoisotopic (exact) mass is 363 g/mol. The molecular weight excluding hydrogens is 334 g/mol. The van der Waals surface area contributed by atoms with Crippen LogP contribution in [-0.2, 0) is 6.54 Å². The van der Waals surface area contributed by atoms with E-state index in [-0.39, 0.29) is 6.03 Å². The third-order valence-electron chi connectivity index (χ3n) is 4.98. The van der Waals surface area contributed by atoms with Crippen LogP contribution in [0.15, 0.2) is 66.7 Å². The van der Waals surface area contributed by atoms with Crippen LogP contribution in [-0.4, -0.2) is 60.0 Å². The number of amides is 2. The molecule has 0 bridgehead atoms. The van der Waals surface area contributed by atoms with E-state index in [1.165, 1.54) is 11.1 Å². The van der Waals surface area contributed by atoms with E-state index < -0.39 is 0 Å². The van der Waals surface area contributed by atoms with Gasteiger partial charge in [0.05, 0.1) is 0 Å². The quantitative estimate of drug-likeness (QED) is 0.777. The minimum atomic E-state index is 0.154. The largest absolute Gasteiger partial charge is 0.322 e. The van der Waals surface area contributed by atoms with Gasteiger partial charge in [-0.3, -0.25) is 4.90 Å². The van der Waals surface area contributed by atoms with Crippen LogP contribution in [0.25, 0.3) is 6.08 Å². The maximum atomic E-state index is 12.9. The van der Waals surface area contributed by atoms with Crippen LogP contribution < -0.4 is 0 Å². The van der Waals surface area contributed by atoms with Gasteiger partial charge >= 0.3 is 6.03 Å². The van der Waals surface area contributed by atoms with Gasteiger partial charge in [0.25, 0.3) is 0 Å². The molecule has 1 saturated heterocycles. The van der Waals surface area contributed by atoms with Crippen LogP contribution in [0.2, 0.25) is 0 Å². The smallest absolute Gasteiger partial charge is 0.320 e. The molecule has 0 aliphatic carbocycles. The Morgan fingerprint density at radius 3 is 2.22 bits per heavy atom. The SMILES string of the molecule is CCN(Cc1ccccc1)C(=O)N1CCN(C/C=C/c2ccccc2)CC1. The molecule has 0 radical (unpaired) electrons. The molecule has 2 aromatic rings. The lowest BCUT2D eigenvalue weighted by Crippen LogP contribution is -2.52. The van der Waals surface area contributed by atoms with Gasteiger partial charge in [-0.05, 0) is 18.1 Å². The number of benzene rings is 2. The fourth-order valence-electron chi connectivity index (χ4n) is 3.34. The number of hydrogen-bond donors (Lipinski definition) is 0. The molecule has 4 nitrogen and oxygen atoms in total. The molecule has 2 aromatic carbocycles. The van der Waals surface area contributed by atoms with Gasteiger partial charge in [-0.2, -0.15) is 0 Å². The minimum absolute atomic E-state index is 0.154. The van der Waals surface area contributed by atoms with Crippen molar-refractivity contribution < 1.29 is 4.79 Å². The molecule has 1 aliphatic heterocycles. The molecule has 0 unspecified atom stereocenters. The number of nitrogens with zero attached hydrogens (tertiary/aromatic N) is 3. The predicted octanol–water partition coefficient (Wildman–Crippen LogP) is 3.96. The van der Waals surface area contributed by atoms with E-state index in [9.17, 15) is 4.79 Å². The van der Waals surface area contributed by atoms with Gasteiger partial charge in [0.2, 0.25) is 0 Å². The molecule has 3 rings (SSSR count). The Morgan fingerprint density at radius 2 is 1.59 bits per heavy atom. The lowest BCUT2D eigenvalue weighted by atomic mass is 10.2. The third-order valence-corrected chi connectivity index (χ3v) is 4.98. The van der Waals surface area contributed by atoms with Crippen molar-refractivity contribution in [3.63, 3.8) is 0 Å². The van der Waals surface area contributed by atoms with Gasteiger partial charge < -0.3 is 9.80 Å². The van der Waals surface area contributed by atoms with Crippen molar-refractivity contribution in [1.82, 2.24) is 14.7 Å². The Bertz CT molecular complexity index is 722. The molecule has 4 heteroatoms. The van der Waals surface area contributed by atoms with Crippen molar-refractivity contribution in [1.29, 1.82) is 0 Å². The second-order valence-corrected chi connectivity index (χ2v) is 6.88. The van der Waals surface area contributed by atoms with E-state index in [2.05, 4.69) is 53.5 Å². The fourth-order valence-corrected chi connectivity index (χ4v) is 3.34. The van der Waals surface area contributed by atoms with Crippen molar-refractivity contribution in [3.8, 4) is 0 Å². The van der Waals surface area contributed by atoms with Gasteiger partial charge in [0, 0.05) is 45.8 Å². The molecule has 1 aliphatic rings. The first-order valence-corrected chi connectivity index (χ1v) is 9.78. The number of piperazine rings is 1. The zero-order valence-electron chi connectivity index (χ0n) is 16.1. The molecule has 0 atom stereocenters. The average Bonchev–Trinajstić information content (AvgIpc) is 2.73. The normalized spacial score (nSPS) is 15.2. The number of urea groups is 1. The summed E-state index contributed by atoms with van der Waals surface area (Å²) in [5.74, 6) is 0. The molecule has 0 saturated carbocycles. The van der Waals surface area contributed by atoms with Gasteiger partial charge in [-0.1, -0.05) is 72.8 Å². The van der Waals surface area contributed by atoms with Crippen molar-refractivity contribution in [2.75, 3.05) is 39.3 Å². The Kier molecular flexibility index (Phi) is 7.05. The molecular formula is C23H29N3O. The summed E-state index contributed by atoms with van der Waals surface area (Å²) in [6.07, 6.45) is 4.37. The highest BCUT2D eigenvalue weighted by atomic mass is 16.2. The minimum Gasteiger partial charge on any atom is -0.322 e. The molecule has 0 spiro atoms. The van der Waals surface area contributed by atoms with Crippen LogP contribution in [0.4, 0.5) is 4.79 Å². The summed E-state index contributed by atoms with van der Waals surface area (Å²) >= 11 is 0. The molecule has 2 amide bonds. The second-order valence-electron chi connectivity index (χ2n) is 6.88.